The van der Waals surface area contributed by atoms with E-state index >= 15 is 0 Å². The molecule has 0 aliphatic carbocycles. The Kier molecular flexibility index (Phi) is 5.24. The maximum absolute atomic E-state index is 11.7. The van der Waals surface area contributed by atoms with Crippen molar-refractivity contribution >= 4 is 44.7 Å². The average molecular weight is 452 g/mol. The van der Waals surface area contributed by atoms with Crippen LogP contribution in [0, 0.1) is 0 Å². The topological polar surface area (TPSA) is 109 Å². The molecule has 32 heavy (non-hydrogen) atoms. The number of fused-ring (bicyclic) bond motifs is 2. The van der Waals surface area contributed by atoms with Crippen LogP contribution in [0.4, 0.5) is 4.79 Å². The lowest BCUT2D eigenvalue weighted by Gasteiger charge is -2.23. The number of carbonyl (C=O) groups is 2. The maximum Gasteiger partial charge on any atom is 0.414 e. The van der Waals surface area contributed by atoms with Gasteiger partial charge in [0.1, 0.15) is 11.3 Å². The molecule has 2 amide bonds. The SMILES string of the molecule is CC(=O)N(C(=O)O)C1CCN(Cc2coc3cc(Oc4nc5ncccc5s4)ccc23)C1. The number of imide groups is 1. The van der Waals surface area contributed by atoms with Crippen molar-refractivity contribution in [3.05, 3.63) is 48.4 Å². The van der Waals surface area contributed by atoms with Crippen LogP contribution in [0.25, 0.3) is 21.3 Å². The molecular weight excluding hydrogens is 432 g/mol. The van der Waals surface area contributed by atoms with Crippen molar-refractivity contribution in [3.8, 4) is 10.9 Å². The zero-order valence-electron chi connectivity index (χ0n) is 17.2. The lowest BCUT2D eigenvalue weighted by atomic mass is 10.1. The summed E-state index contributed by atoms with van der Waals surface area (Å²) in [6, 6.07) is 9.13. The van der Waals surface area contributed by atoms with Gasteiger partial charge in [0.05, 0.1) is 17.0 Å². The van der Waals surface area contributed by atoms with E-state index in [0.717, 1.165) is 20.5 Å². The number of thiazole rings is 1. The molecule has 0 spiro atoms. The van der Waals surface area contributed by atoms with Crippen molar-refractivity contribution in [1.82, 2.24) is 19.8 Å². The second-order valence-corrected chi connectivity index (χ2v) is 8.67. The molecule has 1 aromatic carbocycles. The number of carboxylic acid groups (broad SMARTS) is 1. The highest BCUT2D eigenvalue weighted by Crippen LogP contribution is 2.33. The van der Waals surface area contributed by atoms with Crippen LogP contribution in [-0.2, 0) is 11.3 Å². The number of rotatable bonds is 5. The summed E-state index contributed by atoms with van der Waals surface area (Å²) in [7, 11) is 0. The molecular formula is C22H20N4O5S. The molecule has 1 saturated heterocycles. The highest BCUT2D eigenvalue weighted by Gasteiger charge is 2.33. The van der Waals surface area contributed by atoms with Gasteiger partial charge in [0, 0.05) is 49.8 Å². The minimum absolute atomic E-state index is 0.327. The summed E-state index contributed by atoms with van der Waals surface area (Å²) in [5, 5.41) is 10.8. The van der Waals surface area contributed by atoms with Gasteiger partial charge in [-0.15, -0.1) is 0 Å². The standard InChI is InChI=1S/C22H20N4O5S/c1-13(27)26(22(28)29)15-6-8-25(11-15)10-14-12-30-18-9-16(4-5-17(14)18)31-21-24-20-19(32-21)3-2-7-23-20/h2-5,7,9,12,15H,6,8,10-11H2,1H3,(H,28,29). The van der Waals surface area contributed by atoms with Crippen molar-refractivity contribution in [2.24, 2.45) is 0 Å². The van der Waals surface area contributed by atoms with Gasteiger partial charge in [0.25, 0.3) is 5.19 Å². The van der Waals surface area contributed by atoms with Crippen LogP contribution in [0.15, 0.2) is 47.2 Å². The molecule has 1 N–H and O–H groups in total. The van der Waals surface area contributed by atoms with Crippen LogP contribution in [0.5, 0.6) is 10.9 Å². The summed E-state index contributed by atoms with van der Waals surface area (Å²) in [6.07, 6.45) is 2.83. The van der Waals surface area contributed by atoms with E-state index in [4.69, 9.17) is 9.15 Å². The maximum atomic E-state index is 11.7. The first kappa shape index (κ1) is 20.4. The van der Waals surface area contributed by atoms with E-state index in [2.05, 4.69) is 14.9 Å². The van der Waals surface area contributed by atoms with Crippen LogP contribution in [0.1, 0.15) is 18.9 Å². The lowest BCUT2D eigenvalue weighted by molar-refractivity contribution is -0.128. The molecule has 0 radical (unpaired) electrons. The lowest BCUT2D eigenvalue weighted by Crippen LogP contribution is -2.44. The molecule has 0 saturated carbocycles. The number of carbonyl (C=O) groups excluding carboxylic acids is 1. The Morgan fingerprint density at radius 2 is 2.25 bits per heavy atom. The quantitative estimate of drug-likeness (QED) is 0.477. The molecule has 1 unspecified atom stereocenters. The van der Waals surface area contributed by atoms with Crippen LogP contribution >= 0.6 is 11.3 Å². The Morgan fingerprint density at radius 1 is 1.38 bits per heavy atom. The predicted molar refractivity (Wildman–Crippen MR) is 118 cm³/mol. The second kappa shape index (κ2) is 8.21. The molecule has 4 aromatic rings. The van der Waals surface area contributed by atoms with Gasteiger partial charge in [0.2, 0.25) is 5.91 Å². The minimum Gasteiger partial charge on any atom is -0.465 e. The summed E-state index contributed by atoms with van der Waals surface area (Å²) in [5.41, 5.74) is 2.36. The summed E-state index contributed by atoms with van der Waals surface area (Å²) >= 11 is 1.43. The smallest absolute Gasteiger partial charge is 0.414 e. The van der Waals surface area contributed by atoms with Crippen molar-refractivity contribution < 1.29 is 23.8 Å². The fourth-order valence-electron chi connectivity index (χ4n) is 4.10. The first-order chi connectivity index (χ1) is 15.5. The second-order valence-electron chi connectivity index (χ2n) is 7.68. The molecule has 5 rings (SSSR count). The van der Waals surface area contributed by atoms with Gasteiger partial charge in [-0.25, -0.2) is 14.7 Å². The summed E-state index contributed by atoms with van der Waals surface area (Å²) in [6.45, 7) is 3.11. The number of ether oxygens (including phenoxy) is 1. The van der Waals surface area contributed by atoms with E-state index in [1.54, 1.807) is 12.5 Å². The number of amides is 2. The van der Waals surface area contributed by atoms with Crippen molar-refractivity contribution in [3.63, 3.8) is 0 Å². The van der Waals surface area contributed by atoms with Crippen LogP contribution < -0.4 is 4.74 Å². The molecule has 1 atom stereocenters. The third-order valence-corrected chi connectivity index (χ3v) is 6.42. The van der Waals surface area contributed by atoms with Crippen molar-refractivity contribution in [1.29, 1.82) is 0 Å². The molecule has 1 fully saturated rings. The number of aromatic nitrogens is 2. The fourth-order valence-corrected chi connectivity index (χ4v) is 4.89. The minimum atomic E-state index is -1.20. The summed E-state index contributed by atoms with van der Waals surface area (Å²) in [4.78, 5) is 34.7. The Bertz CT molecular complexity index is 1270. The molecule has 0 bridgehead atoms. The Hall–Kier alpha value is -3.50. The van der Waals surface area contributed by atoms with E-state index in [0.29, 0.717) is 48.2 Å². The third kappa shape index (κ3) is 3.90. The predicted octanol–water partition coefficient (Wildman–Crippen LogP) is 4.33. The van der Waals surface area contributed by atoms with Crippen LogP contribution in [0.2, 0.25) is 0 Å². The molecule has 164 valence electrons. The van der Waals surface area contributed by atoms with E-state index in [-0.39, 0.29) is 6.04 Å². The van der Waals surface area contributed by atoms with Gasteiger partial charge < -0.3 is 14.3 Å². The van der Waals surface area contributed by atoms with Gasteiger partial charge in [0.15, 0.2) is 5.65 Å². The van der Waals surface area contributed by atoms with Crippen molar-refractivity contribution in [2.45, 2.75) is 25.9 Å². The fraction of sp³-hybridized carbons (Fsp3) is 0.273. The number of benzene rings is 1. The van der Waals surface area contributed by atoms with E-state index in [1.165, 1.54) is 18.3 Å². The van der Waals surface area contributed by atoms with E-state index in [1.807, 2.05) is 30.3 Å². The van der Waals surface area contributed by atoms with E-state index in [9.17, 15) is 14.7 Å². The van der Waals surface area contributed by atoms with Crippen LogP contribution in [-0.4, -0.2) is 56.0 Å². The number of furan rings is 1. The number of hydrogen-bond donors (Lipinski definition) is 1. The Morgan fingerprint density at radius 3 is 3.03 bits per heavy atom. The number of likely N-dealkylation sites (tertiary alicyclic amines) is 1. The van der Waals surface area contributed by atoms with Gasteiger partial charge in [-0.3, -0.25) is 9.69 Å². The highest BCUT2D eigenvalue weighted by atomic mass is 32.1. The molecule has 4 heterocycles. The van der Waals surface area contributed by atoms with Gasteiger partial charge in [-0.1, -0.05) is 11.3 Å². The first-order valence-corrected chi connectivity index (χ1v) is 10.9. The van der Waals surface area contributed by atoms with Crippen molar-refractivity contribution in [2.75, 3.05) is 13.1 Å². The Labute approximate surface area is 186 Å². The summed E-state index contributed by atoms with van der Waals surface area (Å²) < 4.78 is 12.6. The highest BCUT2D eigenvalue weighted by molar-refractivity contribution is 7.20. The molecule has 3 aromatic heterocycles. The molecule has 1 aliphatic heterocycles. The van der Waals surface area contributed by atoms with E-state index < -0.39 is 12.0 Å². The number of hydrogen-bond acceptors (Lipinski definition) is 8. The largest absolute Gasteiger partial charge is 0.465 e. The zero-order valence-corrected chi connectivity index (χ0v) is 18.0. The first-order valence-electron chi connectivity index (χ1n) is 10.1. The van der Waals surface area contributed by atoms with Crippen LogP contribution in [0.3, 0.4) is 0 Å². The van der Waals surface area contributed by atoms with Gasteiger partial charge in [-0.05, 0) is 30.7 Å². The monoisotopic (exact) mass is 452 g/mol. The zero-order chi connectivity index (χ0) is 22.2. The van der Waals surface area contributed by atoms with Gasteiger partial charge >= 0.3 is 6.09 Å². The normalized spacial score (nSPS) is 16.6. The average Bonchev–Trinajstić information content (AvgIpc) is 3.46. The molecule has 9 nitrogen and oxygen atoms in total. The number of nitrogens with zero attached hydrogens (tertiary/aromatic N) is 4. The number of pyridine rings is 1. The molecule has 10 heteroatoms. The third-order valence-electron chi connectivity index (χ3n) is 5.53. The Balaban J connectivity index is 1.29. The molecule has 1 aliphatic rings. The van der Waals surface area contributed by atoms with Gasteiger partial charge in [-0.2, -0.15) is 4.98 Å². The summed E-state index contributed by atoms with van der Waals surface area (Å²) in [5.74, 6) is 0.173.